The molecule has 1 unspecified atom stereocenters. The molecule has 3 heteroatoms. The summed E-state index contributed by atoms with van der Waals surface area (Å²) in [4.78, 5) is 0. The molecule has 1 aromatic carbocycles. The summed E-state index contributed by atoms with van der Waals surface area (Å²) in [5.41, 5.74) is 2.00. The molecule has 0 saturated carbocycles. The van der Waals surface area contributed by atoms with Crippen LogP contribution in [0.15, 0.2) is 18.2 Å². The molecule has 0 radical (unpaired) electrons. The molecule has 17 heavy (non-hydrogen) atoms. The topological polar surface area (TPSA) is 32.3 Å². The largest absolute Gasteiger partial charge is 0.396 e. The van der Waals surface area contributed by atoms with Crippen molar-refractivity contribution in [3.8, 4) is 0 Å². The molecule has 0 bridgehead atoms. The Morgan fingerprint density at radius 1 is 1.41 bits per heavy atom. The minimum atomic E-state index is -0.195. The van der Waals surface area contributed by atoms with E-state index in [1.165, 1.54) is 6.07 Å². The van der Waals surface area contributed by atoms with Gasteiger partial charge in [-0.05, 0) is 49.9 Å². The maximum atomic E-state index is 13.0. The van der Waals surface area contributed by atoms with Crippen molar-refractivity contribution in [1.82, 2.24) is 5.32 Å². The van der Waals surface area contributed by atoms with Crippen molar-refractivity contribution in [3.63, 3.8) is 0 Å². The first-order chi connectivity index (χ1) is 8.00. The van der Waals surface area contributed by atoms with Crippen LogP contribution in [0.2, 0.25) is 0 Å². The van der Waals surface area contributed by atoms with Crippen molar-refractivity contribution >= 4 is 0 Å². The SMILES string of the molecule is CCC(C)(CCO)NCc1ccc(F)cc1C. The van der Waals surface area contributed by atoms with E-state index in [0.717, 1.165) is 24.0 Å². The molecule has 0 aliphatic carbocycles. The summed E-state index contributed by atoms with van der Waals surface area (Å²) in [5.74, 6) is -0.195. The highest BCUT2D eigenvalue weighted by molar-refractivity contribution is 5.26. The number of aliphatic hydroxyl groups is 1. The van der Waals surface area contributed by atoms with Gasteiger partial charge in [0.25, 0.3) is 0 Å². The molecule has 1 atom stereocenters. The summed E-state index contributed by atoms with van der Waals surface area (Å²) in [7, 11) is 0. The maximum absolute atomic E-state index is 13.0. The van der Waals surface area contributed by atoms with Gasteiger partial charge in [-0.25, -0.2) is 4.39 Å². The molecule has 96 valence electrons. The lowest BCUT2D eigenvalue weighted by molar-refractivity contribution is 0.214. The Balaban J connectivity index is 2.65. The third kappa shape index (κ3) is 4.10. The molecule has 0 aromatic heterocycles. The Morgan fingerprint density at radius 3 is 2.65 bits per heavy atom. The van der Waals surface area contributed by atoms with Crippen LogP contribution in [0.3, 0.4) is 0 Å². The predicted molar refractivity (Wildman–Crippen MR) is 68.4 cm³/mol. The Labute approximate surface area is 103 Å². The van der Waals surface area contributed by atoms with Gasteiger partial charge in [0.2, 0.25) is 0 Å². The van der Waals surface area contributed by atoms with Crippen LogP contribution in [0.1, 0.15) is 37.8 Å². The molecule has 0 aliphatic rings. The second-order valence-electron chi connectivity index (χ2n) is 4.81. The van der Waals surface area contributed by atoms with Gasteiger partial charge in [-0.2, -0.15) is 0 Å². The van der Waals surface area contributed by atoms with Crippen molar-refractivity contribution in [1.29, 1.82) is 0 Å². The zero-order valence-electron chi connectivity index (χ0n) is 10.9. The van der Waals surface area contributed by atoms with Gasteiger partial charge in [0.15, 0.2) is 0 Å². The van der Waals surface area contributed by atoms with E-state index in [9.17, 15) is 4.39 Å². The second kappa shape index (κ2) is 6.12. The first-order valence-corrected chi connectivity index (χ1v) is 6.11. The van der Waals surface area contributed by atoms with E-state index in [2.05, 4.69) is 19.2 Å². The van der Waals surface area contributed by atoms with E-state index < -0.39 is 0 Å². The smallest absolute Gasteiger partial charge is 0.123 e. The molecule has 0 fully saturated rings. The van der Waals surface area contributed by atoms with Crippen molar-refractivity contribution in [3.05, 3.63) is 35.1 Å². The molecular weight excluding hydrogens is 217 g/mol. The number of rotatable bonds is 6. The van der Waals surface area contributed by atoms with Crippen LogP contribution >= 0.6 is 0 Å². The summed E-state index contributed by atoms with van der Waals surface area (Å²) in [6, 6.07) is 4.85. The summed E-state index contributed by atoms with van der Waals surface area (Å²) >= 11 is 0. The van der Waals surface area contributed by atoms with E-state index in [1.807, 2.05) is 13.0 Å². The van der Waals surface area contributed by atoms with Crippen LogP contribution in [0.25, 0.3) is 0 Å². The fourth-order valence-corrected chi connectivity index (χ4v) is 1.80. The molecule has 1 aromatic rings. The summed E-state index contributed by atoms with van der Waals surface area (Å²) < 4.78 is 13.0. The fourth-order valence-electron chi connectivity index (χ4n) is 1.80. The second-order valence-corrected chi connectivity index (χ2v) is 4.81. The van der Waals surface area contributed by atoms with Gasteiger partial charge < -0.3 is 10.4 Å². The summed E-state index contributed by atoms with van der Waals surface area (Å²) in [6.07, 6.45) is 1.68. The highest BCUT2D eigenvalue weighted by Gasteiger charge is 2.20. The number of benzene rings is 1. The minimum absolute atomic E-state index is 0.0599. The first kappa shape index (κ1) is 14.1. The van der Waals surface area contributed by atoms with Gasteiger partial charge in [-0.3, -0.25) is 0 Å². The number of hydrogen-bond donors (Lipinski definition) is 2. The van der Waals surface area contributed by atoms with Gasteiger partial charge in [0.05, 0.1) is 0 Å². The third-order valence-electron chi connectivity index (χ3n) is 3.45. The monoisotopic (exact) mass is 239 g/mol. The van der Waals surface area contributed by atoms with E-state index in [-0.39, 0.29) is 18.0 Å². The van der Waals surface area contributed by atoms with Crippen LogP contribution in [-0.4, -0.2) is 17.3 Å². The van der Waals surface area contributed by atoms with E-state index in [4.69, 9.17) is 5.11 Å². The number of aliphatic hydroxyl groups excluding tert-OH is 1. The first-order valence-electron chi connectivity index (χ1n) is 6.11. The molecule has 0 heterocycles. The van der Waals surface area contributed by atoms with Gasteiger partial charge in [-0.15, -0.1) is 0 Å². The molecule has 0 aliphatic heterocycles. The van der Waals surface area contributed by atoms with E-state index >= 15 is 0 Å². The van der Waals surface area contributed by atoms with Crippen molar-refractivity contribution in [2.75, 3.05) is 6.61 Å². The standard InChI is InChI=1S/C14H22FNO/c1-4-14(3,7-8-17)16-10-12-5-6-13(15)9-11(12)2/h5-6,9,16-17H,4,7-8,10H2,1-3H3. The van der Waals surface area contributed by atoms with Gasteiger partial charge >= 0.3 is 0 Å². The minimum Gasteiger partial charge on any atom is -0.396 e. The Kier molecular flexibility index (Phi) is 5.09. The number of hydrogen-bond acceptors (Lipinski definition) is 2. The quantitative estimate of drug-likeness (QED) is 0.800. The van der Waals surface area contributed by atoms with Crippen LogP contribution in [0.4, 0.5) is 4.39 Å². The zero-order chi connectivity index (χ0) is 12.9. The molecule has 1 rings (SSSR count). The van der Waals surface area contributed by atoms with Crippen LogP contribution in [0.5, 0.6) is 0 Å². The highest BCUT2D eigenvalue weighted by atomic mass is 19.1. The highest BCUT2D eigenvalue weighted by Crippen LogP contribution is 2.16. The van der Waals surface area contributed by atoms with E-state index in [0.29, 0.717) is 6.54 Å². The molecule has 0 saturated heterocycles. The van der Waals surface area contributed by atoms with Gasteiger partial charge in [0.1, 0.15) is 5.82 Å². The molecule has 0 amide bonds. The predicted octanol–water partition coefficient (Wildman–Crippen LogP) is 2.77. The third-order valence-corrected chi connectivity index (χ3v) is 3.45. The Bertz CT molecular complexity index is 367. The van der Waals surface area contributed by atoms with Crippen molar-refractivity contribution < 1.29 is 9.50 Å². The van der Waals surface area contributed by atoms with Crippen molar-refractivity contribution in [2.24, 2.45) is 0 Å². The van der Waals surface area contributed by atoms with Gasteiger partial charge in [0, 0.05) is 18.7 Å². The average Bonchev–Trinajstić information content (AvgIpc) is 2.28. The number of halogens is 1. The average molecular weight is 239 g/mol. The molecule has 0 spiro atoms. The lowest BCUT2D eigenvalue weighted by atomic mass is 9.94. The summed E-state index contributed by atoms with van der Waals surface area (Å²) in [5, 5.41) is 12.5. The lowest BCUT2D eigenvalue weighted by Gasteiger charge is -2.29. The number of nitrogens with one attached hydrogen (secondary N) is 1. The molecule has 2 N–H and O–H groups in total. The molecular formula is C14H22FNO. The summed E-state index contributed by atoms with van der Waals surface area (Å²) in [6.45, 7) is 6.99. The zero-order valence-corrected chi connectivity index (χ0v) is 10.9. The number of aryl methyl sites for hydroxylation is 1. The lowest BCUT2D eigenvalue weighted by Crippen LogP contribution is -2.42. The Morgan fingerprint density at radius 2 is 2.12 bits per heavy atom. The van der Waals surface area contributed by atoms with Crippen LogP contribution in [0, 0.1) is 12.7 Å². The molecule has 2 nitrogen and oxygen atoms in total. The van der Waals surface area contributed by atoms with E-state index in [1.54, 1.807) is 6.07 Å². The van der Waals surface area contributed by atoms with Crippen LogP contribution in [-0.2, 0) is 6.54 Å². The Hall–Kier alpha value is -0.930. The normalized spacial score (nSPS) is 14.6. The fraction of sp³-hybridized carbons (Fsp3) is 0.571. The van der Waals surface area contributed by atoms with Crippen LogP contribution < -0.4 is 5.32 Å². The maximum Gasteiger partial charge on any atom is 0.123 e. The van der Waals surface area contributed by atoms with Crippen molar-refractivity contribution in [2.45, 2.75) is 45.7 Å². The van der Waals surface area contributed by atoms with Gasteiger partial charge in [-0.1, -0.05) is 13.0 Å².